The van der Waals surface area contributed by atoms with Gasteiger partial charge in [-0.05, 0) is 48.8 Å². The second-order valence-corrected chi connectivity index (χ2v) is 10.5. The van der Waals surface area contributed by atoms with Crippen LogP contribution < -0.4 is 42.4 Å². The summed E-state index contributed by atoms with van der Waals surface area (Å²) < 4.78 is 4.91. The molecule has 0 saturated carbocycles. The first-order valence-electron chi connectivity index (χ1n) is 13.2. The lowest BCUT2D eigenvalue weighted by atomic mass is 9.67. The number of benzene rings is 1. The van der Waals surface area contributed by atoms with E-state index in [9.17, 15) is 39.3 Å². The number of aliphatic hydroxyl groups excluding tert-OH is 2. The van der Waals surface area contributed by atoms with Crippen LogP contribution in [0.15, 0.2) is 48.2 Å². The smallest absolute Gasteiger partial charge is 0.260 e. The zero-order chi connectivity index (χ0) is 29.4. The number of aryl methyl sites for hydroxylation is 1. The van der Waals surface area contributed by atoms with Gasteiger partial charge in [-0.3, -0.25) is 24.0 Å². The topological polar surface area (TPSA) is 171 Å². The first-order chi connectivity index (χ1) is 19.6. The molecule has 1 aromatic heterocycles. The second-order valence-electron chi connectivity index (χ2n) is 10.5. The maximum atomic E-state index is 13.6. The Kier molecular flexibility index (Phi) is 5.77. The third kappa shape index (κ3) is 3.33. The highest BCUT2D eigenvalue weighted by Crippen LogP contribution is 2.52. The minimum absolute atomic E-state index is 0.00708. The number of allylic oxidation sites excluding steroid dienone is 1. The molecule has 1 atom stereocenters. The molecule has 0 aliphatic heterocycles. The molecule has 208 valence electrons. The number of phenolic OH excluding ortho intramolecular Hbond substituents is 1. The molecule has 2 aromatic rings. The molecule has 4 aliphatic rings. The van der Waals surface area contributed by atoms with Crippen LogP contribution in [0.2, 0.25) is 0 Å². The number of nitrogens with one attached hydrogen (secondary N) is 1. The monoisotopic (exact) mass is 555 g/mol. The van der Waals surface area contributed by atoms with Gasteiger partial charge >= 0.3 is 0 Å². The van der Waals surface area contributed by atoms with Crippen molar-refractivity contribution in [2.75, 3.05) is 7.11 Å². The Balaban J connectivity index is 1.76. The largest absolute Gasteiger partial charge is 0.510 e. The molecule has 4 N–H and O–H groups in total. The molecule has 0 bridgehead atoms. The highest BCUT2D eigenvalue weighted by molar-refractivity contribution is 5.94. The number of aromatic nitrogens is 1. The van der Waals surface area contributed by atoms with Crippen LogP contribution in [0, 0.1) is 10.4 Å². The molecule has 1 heterocycles. The van der Waals surface area contributed by atoms with Gasteiger partial charge in [-0.1, -0.05) is 25.5 Å². The number of pyridine rings is 1. The summed E-state index contributed by atoms with van der Waals surface area (Å²) in [4.78, 5) is 68.8. The van der Waals surface area contributed by atoms with Crippen molar-refractivity contribution in [1.29, 1.82) is 0 Å². The number of hydrogen-bond donors (Lipinski definition) is 4. The summed E-state index contributed by atoms with van der Waals surface area (Å²) >= 11 is 0. The lowest BCUT2D eigenvalue weighted by Crippen LogP contribution is -2.51. The Morgan fingerprint density at radius 1 is 0.927 bits per heavy atom. The summed E-state index contributed by atoms with van der Waals surface area (Å²) in [7, 11) is 1.13. The van der Waals surface area contributed by atoms with Gasteiger partial charge in [0.15, 0.2) is 11.2 Å². The van der Waals surface area contributed by atoms with Gasteiger partial charge in [0.25, 0.3) is 5.56 Å². The van der Waals surface area contributed by atoms with Crippen LogP contribution in [0.25, 0.3) is 28.4 Å². The zero-order valence-corrected chi connectivity index (χ0v) is 22.2. The predicted molar refractivity (Wildman–Crippen MR) is 152 cm³/mol. The summed E-state index contributed by atoms with van der Waals surface area (Å²) in [5.74, 6) is -2.39. The molecule has 10 heteroatoms. The van der Waals surface area contributed by atoms with Crippen LogP contribution in [0.4, 0.5) is 0 Å². The number of H-pyrrole nitrogens is 1. The van der Waals surface area contributed by atoms with Gasteiger partial charge in [0, 0.05) is 17.3 Å². The van der Waals surface area contributed by atoms with Crippen LogP contribution in [-0.4, -0.2) is 27.4 Å². The van der Waals surface area contributed by atoms with Crippen molar-refractivity contribution in [2.24, 2.45) is 0 Å². The molecule has 0 amide bonds. The first kappa shape index (κ1) is 26.2. The van der Waals surface area contributed by atoms with Crippen LogP contribution >= 0.6 is 0 Å². The number of fused-ring (bicyclic) bond motifs is 4. The minimum Gasteiger partial charge on any atom is -0.510 e. The number of methoxy groups -OCH3 is 1. The fraction of sp³-hybridized carbons (Fsp3) is 0.258. The molecule has 1 aromatic carbocycles. The highest BCUT2D eigenvalue weighted by atomic mass is 16.5. The van der Waals surface area contributed by atoms with Gasteiger partial charge in [-0.15, -0.1) is 0 Å². The summed E-state index contributed by atoms with van der Waals surface area (Å²) in [6.45, 7) is 2.03. The second kappa shape index (κ2) is 9.02. The molecule has 41 heavy (non-hydrogen) atoms. The van der Waals surface area contributed by atoms with E-state index >= 15 is 0 Å². The van der Waals surface area contributed by atoms with Crippen molar-refractivity contribution >= 4 is 28.4 Å². The van der Waals surface area contributed by atoms with E-state index in [0.29, 0.717) is 29.5 Å². The third-order valence-corrected chi connectivity index (χ3v) is 8.26. The number of aromatic hydroxyl groups is 1. The van der Waals surface area contributed by atoms with Crippen LogP contribution in [0.5, 0.6) is 11.5 Å². The predicted octanol–water partition coefficient (Wildman–Crippen LogP) is 0.717. The highest BCUT2D eigenvalue weighted by Gasteiger charge is 2.51. The standard InChI is InChI=1S/C31H25NO9/c1-3-4-5-8-15-11-14-10-13-7-6-9-31(23(13)27(37)18(14)30(40)32-15)28(38)21-22(29(31)39)26(36)20-19(25(21)35)16(33)12-17(41-2)24(20)34/h5,8,10-12,37-39H,3-4,6-7,9H2,1-2H3,(H,32,40)/b8-5+. The molecule has 6 rings (SSSR count). The number of ether oxygens (including phenoxy) is 1. The molecule has 0 radical (unpaired) electrons. The fourth-order valence-corrected chi connectivity index (χ4v) is 6.46. The van der Waals surface area contributed by atoms with Crippen molar-refractivity contribution < 1.29 is 20.1 Å². The van der Waals surface area contributed by atoms with Crippen molar-refractivity contribution in [3.63, 3.8) is 0 Å². The average Bonchev–Trinajstić information content (AvgIpc) is 3.15. The molecule has 4 aliphatic carbocycles. The lowest BCUT2D eigenvalue weighted by Gasteiger charge is -2.37. The molecule has 0 saturated heterocycles. The van der Waals surface area contributed by atoms with E-state index in [2.05, 4.69) is 4.98 Å². The Morgan fingerprint density at radius 3 is 2.27 bits per heavy atom. The van der Waals surface area contributed by atoms with Gasteiger partial charge < -0.3 is 25.0 Å². The van der Waals surface area contributed by atoms with E-state index in [1.54, 1.807) is 18.2 Å². The Hall–Kier alpha value is -4.99. The van der Waals surface area contributed by atoms with E-state index in [4.69, 9.17) is 4.74 Å². The van der Waals surface area contributed by atoms with Crippen LogP contribution in [-0.2, 0) is 11.8 Å². The average molecular weight is 556 g/mol. The fourth-order valence-electron chi connectivity index (χ4n) is 6.46. The van der Waals surface area contributed by atoms with E-state index in [1.807, 2.05) is 13.0 Å². The quantitative estimate of drug-likeness (QED) is 0.283. The van der Waals surface area contributed by atoms with E-state index in [-0.39, 0.29) is 17.4 Å². The number of aliphatic hydroxyl groups is 2. The molecular formula is C31H25NO9. The third-order valence-electron chi connectivity index (χ3n) is 8.26. The van der Waals surface area contributed by atoms with E-state index < -0.39 is 76.6 Å². The summed E-state index contributed by atoms with van der Waals surface area (Å²) in [6.07, 6.45) is 6.20. The van der Waals surface area contributed by atoms with E-state index in [1.165, 1.54) is 0 Å². The number of aromatic amines is 1. The number of rotatable bonds is 4. The summed E-state index contributed by atoms with van der Waals surface area (Å²) in [5.41, 5.74) is -5.64. The van der Waals surface area contributed by atoms with Gasteiger partial charge in [-0.25, -0.2) is 0 Å². The molecular weight excluding hydrogens is 530 g/mol. The number of unbranched alkanes of at least 4 members (excludes halogenated alkanes) is 1. The van der Waals surface area contributed by atoms with Crippen LogP contribution in [0.3, 0.4) is 0 Å². The minimum atomic E-state index is -1.94. The Labute approximate surface area is 229 Å². The zero-order valence-electron chi connectivity index (χ0n) is 22.2. The summed E-state index contributed by atoms with van der Waals surface area (Å²) in [6, 6.07) is 4.19. The van der Waals surface area contributed by atoms with E-state index in [0.717, 1.165) is 26.0 Å². The lowest BCUT2D eigenvalue weighted by molar-refractivity contribution is 0.334. The van der Waals surface area contributed by atoms with Gasteiger partial charge in [-0.2, -0.15) is 0 Å². The first-order valence-corrected chi connectivity index (χ1v) is 13.2. The SMILES string of the molecule is CCC/C=C/c1cc2cc3c(c(O)c2c(=O)[nH]1)C1(CCC3)C(O)=c2c(=O)c3c(=O)cc(OC)c(=O)c=3c(=O)c2=C1O. The number of phenols is 1. The van der Waals surface area contributed by atoms with Crippen molar-refractivity contribution in [3.05, 3.63) is 113 Å². The maximum Gasteiger partial charge on any atom is 0.260 e. The van der Waals surface area contributed by atoms with Crippen molar-refractivity contribution in [1.82, 2.24) is 4.98 Å². The van der Waals surface area contributed by atoms with Crippen LogP contribution in [0.1, 0.15) is 49.4 Å². The molecule has 1 unspecified atom stereocenters. The van der Waals surface area contributed by atoms with Gasteiger partial charge in [0.05, 0.1) is 33.4 Å². The maximum absolute atomic E-state index is 13.6. The molecule has 0 fully saturated rings. The number of hydrogen-bond acceptors (Lipinski definition) is 9. The normalized spacial score (nSPS) is 18.1. The van der Waals surface area contributed by atoms with Crippen molar-refractivity contribution in [2.45, 2.75) is 44.4 Å². The van der Waals surface area contributed by atoms with Crippen molar-refractivity contribution in [3.8, 4) is 11.5 Å². The molecule has 1 spiro atoms. The van der Waals surface area contributed by atoms with Gasteiger partial charge in [0.1, 0.15) is 22.7 Å². The summed E-state index contributed by atoms with van der Waals surface area (Å²) in [5, 5.41) is 32.5. The molecule has 10 nitrogen and oxygen atoms in total. The Morgan fingerprint density at radius 2 is 1.61 bits per heavy atom. The Bertz CT molecular complexity index is 2330. The van der Waals surface area contributed by atoms with Gasteiger partial charge in [0.2, 0.25) is 16.3 Å².